The highest BCUT2D eigenvalue weighted by atomic mass is 79.9. The van der Waals surface area contributed by atoms with Crippen LogP contribution in [0.4, 0.5) is 0 Å². The first-order valence-electron chi connectivity index (χ1n) is 6.73. The fourth-order valence-electron chi connectivity index (χ4n) is 1.88. The van der Waals surface area contributed by atoms with Crippen molar-refractivity contribution in [3.63, 3.8) is 0 Å². The van der Waals surface area contributed by atoms with Gasteiger partial charge in [0.2, 0.25) is 0 Å². The predicted octanol–water partition coefficient (Wildman–Crippen LogP) is 3.60. The third-order valence-corrected chi connectivity index (χ3v) is 5.53. The van der Waals surface area contributed by atoms with E-state index in [0.29, 0.717) is 12.4 Å². The molecule has 20 heavy (non-hydrogen) atoms. The Morgan fingerprint density at radius 2 is 2.15 bits per heavy atom. The number of nitrogens with zero attached hydrogens (tertiary/aromatic N) is 2. The molecule has 0 aliphatic heterocycles. The van der Waals surface area contributed by atoms with E-state index in [1.165, 1.54) is 0 Å². The molecule has 0 aromatic carbocycles. The summed E-state index contributed by atoms with van der Waals surface area (Å²) in [5.41, 5.74) is 1.50. The van der Waals surface area contributed by atoms with Crippen molar-refractivity contribution >= 4 is 35.0 Å². The first kappa shape index (κ1) is 15.7. The maximum absolute atomic E-state index is 9.28. The molecule has 0 atom stereocenters. The molecular formula is C14H21BrN2O2Si. The third-order valence-electron chi connectivity index (χ3n) is 3.14. The first-order valence-corrected chi connectivity index (χ1v) is 11.2. The van der Waals surface area contributed by atoms with Crippen LogP contribution in [-0.2, 0) is 18.1 Å². The maximum atomic E-state index is 9.28. The summed E-state index contributed by atoms with van der Waals surface area (Å²) in [6, 6.07) is 5.15. The number of fused-ring (bicyclic) bond motifs is 1. The van der Waals surface area contributed by atoms with Crippen LogP contribution < -0.4 is 0 Å². The van der Waals surface area contributed by atoms with E-state index >= 15 is 0 Å². The second kappa shape index (κ2) is 6.38. The Bertz CT molecular complexity index is 593. The summed E-state index contributed by atoms with van der Waals surface area (Å²) in [7, 11) is -1.04. The standard InChI is InChI=1S/C14H21BrN2O2Si/c1-20(2,3)7-6-19-10-17-5-4-11-8-12(15)13(9-18)16-14(11)17/h4-5,8,18H,6-7,9-10H2,1-3H3. The highest BCUT2D eigenvalue weighted by Gasteiger charge is 2.12. The van der Waals surface area contributed by atoms with Crippen LogP contribution >= 0.6 is 15.9 Å². The summed E-state index contributed by atoms with van der Waals surface area (Å²) in [6.45, 7) is 8.25. The van der Waals surface area contributed by atoms with Crippen LogP contribution in [0.2, 0.25) is 25.7 Å². The van der Waals surface area contributed by atoms with Crippen LogP contribution in [0.1, 0.15) is 5.69 Å². The molecular weight excluding hydrogens is 336 g/mol. The van der Waals surface area contributed by atoms with Crippen LogP contribution in [0.25, 0.3) is 11.0 Å². The monoisotopic (exact) mass is 356 g/mol. The lowest BCUT2D eigenvalue weighted by Crippen LogP contribution is -2.22. The molecule has 0 fully saturated rings. The minimum absolute atomic E-state index is 0.0712. The number of ether oxygens (including phenoxy) is 1. The van der Waals surface area contributed by atoms with E-state index in [0.717, 1.165) is 28.2 Å². The van der Waals surface area contributed by atoms with E-state index in [1.54, 1.807) is 0 Å². The molecule has 0 bridgehead atoms. The quantitative estimate of drug-likeness (QED) is 0.635. The Balaban J connectivity index is 2.07. The van der Waals surface area contributed by atoms with E-state index in [1.807, 2.05) is 22.9 Å². The topological polar surface area (TPSA) is 47.3 Å². The summed E-state index contributed by atoms with van der Waals surface area (Å²) in [4.78, 5) is 4.48. The van der Waals surface area contributed by atoms with Crippen molar-refractivity contribution in [1.82, 2.24) is 9.55 Å². The number of aliphatic hydroxyl groups excluding tert-OH is 1. The van der Waals surface area contributed by atoms with Crippen molar-refractivity contribution < 1.29 is 9.84 Å². The fraction of sp³-hybridized carbons (Fsp3) is 0.500. The lowest BCUT2D eigenvalue weighted by molar-refractivity contribution is 0.0898. The van der Waals surface area contributed by atoms with E-state index in [2.05, 4.69) is 40.6 Å². The lowest BCUT2D eigenvalue weighted by Gasteiger charge is -2.15. The smallest absolute Gasteiger partial charge is 0.142 e. The highest BCUT2D eigenvalue weighted by molar-refractivity contribution is 9.10. The van der Waals surface area contributed by atoms with Crippen LogP contribution in [0.5, 0.6) is 0 Å². The average molecular weight is 357 g/mol. The molecule has 0 amide bonds. The molecule has 2 aromatic heterocycles. The molecule has 0 aliphatic rings. The second-order valence-electron chi connectivity index (χ2n) is 6.12. The van der Waals surface area contributed by atoms with Gasteiger partial charge in [0.1, 0.15) is 12.4 Å². The number of hydrogen-bond donors (Lipinski definition) is 1. The molecule has 4 nitrogen and oxygen atoms in total. The van der Waals surface area contributed by atoms with E-state index in [4.69, 9.17) is 4.74 Å². The Hall–Kier alpha value is -0.693. The molecule has 1 N–H and O–H groups in total. The third kappa shape index (κ3) is 3.91. The van der Waals surface area contributed by atoms with Crippen LogP contribution in [-0.4, -0.2) is 29.3 Å². The number of rotatable bonds is 6. The number of aromatic nitrogens is 2. The van der Waals surface area contributed by atoms with Gasteiger partial charge in [0.25, 0.3) is 0 Å². The van der Waals surface area contributed by atoms with Gasteiger partial charge in [-0.1, -0.05) is 19.6 Å². The van der Waals surface area contributed by atoms with Gasteiger partial charge >= 0.3 is 0 Å². The van der Waals surface area contributed by atoms with Crippen molar-refractivity contribution in [3.8, 4) is 0 Å². The van der Waals surface area contributed by atoms with Gasteiger partial charge in [-0.2, -0.15) is 0 Å². The molecule has 2 rings (SSSR count). The lowest BCUT2D eigenvalue weighted by atomic mass is 10.3. The molecule has 0 saturated carbocycles. The number of pyridine rings is 1. The zero-order valence-electron chi connectivity index (χ0n) is 12.2. The van der Waals surface area contributed by atoms with Gasteiger partial charge in [0.05, 0.1) is 12.3 Å². The predicted molar refractivity (Wildman–Crippen MR) is 87.5 cm³/mol. The van der Waals surface area contributed by atoms with Gasteiger partial charge in [-0.15, -0.1) is 0 Å². The van der Waals surface area contributed by atoms with Gasteiger partial charge in [-0.25, -0.2) is 4.98 Å². The summed E-state index contributed by atoms with van der Waals surface area (Å²) < 4.78 is 8.56. The zero-order chi connectivity index (χ0) is 14.8. The van der Waals surface area contributed by atoms with Crippen molar-refractivity contribution in [1.29, 1.82) is 0 Å². The van der Waals surface area contributed by atoms with Crippen molar-refractivity contribution in [2.24, 2.45) is 0 Å². The SMILES string of the molecule is C[Si](C)(C)CCOCn1ccc2cc(Br)c(CO)nc21. The minimum atomic E-state index is -1.04. The Morgan fingerprint density at radius 1 is 1.40 bits per heavy atom. The second-order valence-corrected chi connectivity index (χ2v) is 12.6. The maximum Gasteiger partial charge on any atom is 0.142 e. The van der Waals surface area contributed by atoms with Crippen LogP contribution in [0.3, 0.4) is 0 Å². The Labute approximate surface area is 128 Å². The largest absolute Gasteiger partial charge is 0.390 e. The highest BCUT2D eigenvalue weighted by Crippen LogP contribution is 2.22. The van der Waals surface area contributed by atoms with Crippen molar-refractivity contribution in [3.05, 3.63) is 28.5 Å². The van der Waals surface area contributed by atoms with E-state index in [9.17, 15) is 5.11 Å². The molecule has 2 heterocycles. The molecule has 2 aromatic rings. The summed E-state index contributed by atoms with van der Waals surface area (Å²) in [5.74, 6) is 0. The molecule has 0 saturated heterocycles. The molecule has 0 unspecified atom stereocenters. The normalized spacial score (nSPS) is 12.2. The summed E-state index contributed by atoms with van der Waals surface area (Å²) >= 11 is 3.41. The Morgan fingerprint density at radius 3 is 2.80 bits per heavy atom. The fourth-order valence-corrected chi connectivity index (χ4v) is 3.10. The van der Waals surface area contributed by atoms with Gasteiger partial charge in [-0.05, 0) is 34.1 Å². The Kier molecular flexibility index (Phi) is 5.01. The number of hydrogen-bond acceptors (Lipinski definition) is 3. The number of halogens is 1. The van der Waals surface area contributed by atoms with Gasteiger partial charge < -0.3 is 14.4 Å². The molecule has 0 spiro atoms. The van der Waals surface area contributed by atoms with Crippen LogP contribution in [0, 0.1) is 0 Å². The van der Waals surface area contributed by atoms with Gasteiger partial charge in [-0.3, -0.25) is 0 Å². The minimum Gasteiger partial charge on any atom is -0.390 e. The van der Waals surface area contributed by atoms with Gasteiger partial charge in [0.15, 0.2) is 0 Å². The first-order chi connectivity index (χ1) is 9.40. The van der Waals surface area contributed by atoms with Crippen molar-refractivity contribution in [2.45, 2.75) is 39.0 Å². The summed E-state index contributed by atoms with van der Waals surface area (Å²) in [6.07, 6.45) is 1.97. The summed E-state index contributed by atoms with van der Waals surface area (Å²) in [5, 5.41) is 10.3. The van der Waals surface area contributed by atoms with Gasteiger partial charge in [0, 0.05) is 30.7 Å². The molecule has 6 heteroatoms. The molecule has 0 aliphatic carbocycles. The molecule has 110 valence electrons. The number of aliphatic hydroxyl groups is 1. The van der Waals surface area contributed by atoms with Crippen LogP contribution in [0.15, 0.2) is 22.8 Å². The van der Waals surface area contributed by atoms with E-state index < -0.39 is 8.07 Å². The average Bonchev–Trinajstić information content (AvgIpc) is 2.74. The van der Waals surface area contributed by atoms with Crippen molar-refractivity contribution in [2.75, 3.05) is 6.61 Å². The van der Waals surface area contributed by atoms with E-state index in [-0.39, 0.29) is 6.61 Å². The molecule has 0 radical (unpaired) electrons. The zero-order valence-corrected chi connectivity index (χ0v) is 14.8.